The molecular formula is C17H22N8. The summed E-state index contributed by atoms with van der Waals surface area (Å²) >= 11 is 0. The van der Waals surface area contributed by atoms with Crippen molar-refractivity contribution in [1.82, 2.24) is 24.6 Å². The Morgan fingerprint density at radius 1 is 1.20 bits per heavy atom. The van der Waals surface area contributed by atoms with Gasteiger partial charge in [-0.3, -0.25) is 4.68 Å². The summed E-state index contributed by atoms with van der Waals surface area (Å²) in [5.41, 5.74) is 1.09. The van der Waals surface area contributed by atoms with Crippen LogP contribution in [0.4, 0.5) is 17.3 Å². The number of nitrogens with zero attached hydrogens (tertiary/aromatic N) is 7. The number of nitrogens with one attached hydrogen (secondary N) is 1. The van der Waals surface area contributed by atoms with Gasteiger partial charge in [-0.15, -0.1) is 0 Å². The lowest BCUT2D eigenvalue weighted by atomic mass is 9.97. The predicted octanol–water partition coefficient (Wildman–Crippen LogP) is 1.50. The van der Waals surface area contributed by atoms with Crippen molar-refractivity contribution in [2.24, 2.45) is 7.05 Å². The SMILES string of the molecule is CN1CCC2C1CCCN2c1cnc(C#N)c(Nc2cnn(C)c2)n1. The zero-order valence-corrected chi connectivity index (χ0v) is 14.6. The van der Waals surface area contributed by atoms with Gasteiger partial charge < -0.3 is 15.1 Å². The van der Waals surface area contributed by atoms with Crippen molar-refractivity contribution in [3.8, 4) is 6.07 Å². The molecule has 8 nitrogen and oxygen atoms in total. The van der Waals surface area contributed by atoms with Gasteiger partial charge in [0, 0.05) is 38.4 Å². The summed E-state index contributed by atoms with van der Waals surface area (Å²) in [6.45, 7) is 2.11. The lowest BCUT2D eigenvalue weighted by molar-refractivity contribution is 0.255. The minimum atomic E-state index is 0.296. The van der Waals surface area contributed by atoms with E-state index in [1.54, 1.807) is 17.1 Å². The highest BCUT2D eigenvalue weighted by Crippen LogP contribution is 2.33. The summed E-state index contributed by atoms with van der Waals surface area (Å²) in [6, 6.07) is 3.18. The molecule has 25 heavy (non-hydrogen) atoms. The summed E-state index contributed by atoms with van der Waals surface area (Å²) in [5.74, 6) is 1.33. The fourth-order valence-corrected chi connectivity index (χ4v) is 3.99. The second-order valence-corrected chi connectivity index (χ2v) is 6.80. The summed E-state index contributed by atoms with van der Waals surface area (Å²) < 4.78 is 1.70. The van der Waals surface area contributed by atoms with E-state index in [1.807, 2.05) is 13.2 Å². The second-order valence-electron chi connectivity index (χ2n) is 6.80. The van der Waals surface area contributed by atoms with Crippen LogP contribution in [-0.2, 0) is 7.05 Å². The molecule has 4 heterocycles. The molecule has 8 heteroatoms. The van der Waals surface area contributed by atoms with Crippen molar-refractivity contribution in [3.05, 3.63) is 24.3 Å². The normalized spacial score (nSPS) is 23.3. The Bertz CT molecular complexity index is 807. The van der Waals surface area contributed by atoms with Gasteiger partial charge >= 0.3 is 0 Å². The van der Waals surface area contributed by atoms with Crippen LogP contribution >= 0.6 is 0 Å². The number of likely N-dealkylation sites (N-methyl/N-ethyl adjacent to an activating group) is 1. The van der Waals surface area contributed by atoms with Crippen LogP contribution in [0.15, 0.2) is 18.6 Å². The Hall–Kier alpha value is -2.66. The van der Waals surface area contributed by atoms with Gasteiger partial charge in [-0.25, -0.2) is 9.97 Å². The number of aromatic nitrogens is 4. The van der Waals surface area contributed by atoms with Crippen molar-refractivity contribution in [1.29, 1.82) is 5.26 Å². The van der Waals surface area contributed by atoms with Crippen LogP contribution in [0.5, 0.6) is 0 Å². The van der Waals surface area contributed by atoms with Gasteiger partial charge in [0.05, 0.1) is 18.1 Å². The number of piperidine rings is 1. The minimum Gasteiger partial charge on any atom is -0.351 e. The number of likely N-dealkylation sites (tertiary alicyclic amines) is 1. The van der Waals surface area contributed by atoms with Crippen molar-refractivity contribution < 1.29 is 0 Å². The Morgan fingerprint density at radius 2 is 2.08 bits per heavy atom. The van der Waals surface area contributed by atoms with Gasteiger partial charge in [-0.05, 0) is 26.3 Å². The summed E-state index contributed by atoms with van der Waals surface area (Å²) in [6.07, 6.45) is 8.82. The molecule has 2 saturated heterocycles. The summed E-state index contributed by atoms with van der Waals surface area (Å²) in [7, 11) is 4.05. The standard InChI is InChI=1S/C17H22N8/c1-23-7-5-15-14(23)4-3-6-25(15)16-10-19-13(8-18)17(22-16)21-12-9-20-24(2)11-12/h9-11,14-15H,3-7H2,1-2H3,(H,21,22). The van der Waals surface area contributed by atoms with E-state index in [0.29, 0.717) is 23.6 Å². The first-order valence-corrected chi connectivity index (χ1v) is 8.65. The van der Waals surface area contributed by atoms with Gasteiger partial charge in [0.25, 0.3) is 0 Å². The molecular weight excluding hydrogens is 316 g/mol. The van der Waals surface area contributed by atoms with E-state index in [9.17, 15) is 5.26 Å². The Kier molecular flexibility index (Phi) is 4.01. The van der Waals surface area contributed by atoms with Crippen molar-refractivity contribution >= 4 is 17.3 Å². The molecule has 2 aromatic rings. The molecule has 2 aromatic heterocycles. The fourth-order valence-electron chi connectivity index (χ4n) is 3.99. The molecule has 130 valence electrons. The lowest BCUT2D eigenvalue weighted by Crippen LogP contribution is -2.49. The molecule has 2 aliphatic heterocycles. The smallest absolute Gasteiger partial charge is 0.183 e. The molecule has 1 N–H and O–H groups in total. The zero-order valence-electron chi connectivity index (χ0n) is 14.6. The van der Waals surface area contributed by atoms with Crippen LogP contribution in [0.1, 0.15) is 25.0 Å². The Morgan fingerprint density at radius 3 is 2.84 bits per heavy atom. The van der Waals surface area contributed by atoms with Crippen LogP contribution in [0, 0.1) is 11.3 Å². The number of rotatable bonds is 3. The summed E-state index contributed by atoms with van der Waals surface area (Å²) in [4.78, 5) is 13.9. The van der Waals surface area contributed by atoms with Crippen LogP contribution in [-0.4, -0.2) is 56.9 Å². The van der Waals surface area contributed by atoms with Crippen LogP contribution in [0.25, 0.3) is 0 Å². The van der Waals surface area contributed by atoms with Crippen LogP contribution < -0.4 is 10.2 Å². The van der Waals surface area contributed by atoms with E-state index in [4.69, 9.17) is 4.98 Å². The molecule has 2 aliphatic rings. The van der Waals surface area contributed by atoms with Gasteiger partial charge in [0.2, 0.25) is 0 Å². The number of anilines is 3. The van der Waals surface area contributed by atoms with Crippen molar-refractivity contribution in [2.45, 2.75) is 31.3 Å². The number of hydrogen-bond donors (Lipinski definition) is 1. The van der Waals surface area contributed by atoms with E-state index in [1.165, 1.54) is 6.42 Å². The van der Waals surface area contributed by atoms with Crippen molar-refractivity contribution in [2.75, 3.05) is 30.4 Å². The average molecular weight is 338 g/mol. The van der Waals surface area contributed by atoms with E-state index >= 15 is 0 Å². The molecule has 0 amide bonds. The highest BCUT2D eigenvalue weighted by molar-refractivity contribution is 5.61. The van der Waals surface area contributed by atoms with Crippen molar-refractivity contribution in [3.63, 3.8) is 0 Å². The predicted molar refractivity (Wildman–Crippen MR) is 94.6 cm³/mol. The maximum Gasteiger partial charge on any atom is 0.183 e. The maximum atomic E-state index is 9.35. The average Bonchev–Trinajstić information content (AvgIpc) is 3.21. The molecule has 2 unspecified atom stereocenters. The zero-order chi connectivity index (χ0) is 17.4. The molecule has 4 rings (SSSR count). The first-order chi connectivity index (χ1) is 12.2. The number of fused-ring (bicyclic) bond motifs is 1. The van der Waals surface area contributed by atoms with E-state index in [-0.39, 0.29) is 0 Å². The molecule has 0 radical (unpaired) electrons. The molecule has 0 aliphatic carbocycles. The second kappa shape index (κ2) is 6.33. The number of nitriles is 1. The van der Waals surface area contributed by atoms with Crippen LogP contribution in [0.3, 0.4) is 0 Å². The number of aryl methyl sites for hydroxylation is 1. The highest BCUT2D eigenvalue weighted by Gasteiger charge is 2.39. The fraction of sp³-hybridized carbons (Fsp3) is 0.529. The largest absolute Gasteiger partial charge is 0.351 e. The number of hydrogen-bond acceptors (Lipinski definition) is 7. The Labute approximate surface area is 147 Å². The molecule has 0 saturated carbocycles. The quantitative estimate of drug-likeness (QED) is 0.907. The Balaban J connectivity index is 1.64. The topological polar surface area (TPSA) is 85.9 Å². The van der Waals surface area contributed by atoms with E-state index in [2.05, 4.69) is 38.3 Å². The maximum absolute atomic E-state index is 9.35. The lowest BCUT2D eigenvalue weighted by Gasteiger charge is -2.39. The van der Waals surface area contributed by atoms with Gasteiger partial charge in [-0.2, -0.15) is 10.4 Å². The van der Waals surface area contributed by atoms with E-state index in [0.717, 1.165) is 37.4 Å². The molecule has 2 atom stereocenters. The third-order valence-corrected chi connectivity index (χ3v) is 5.21. The van der Waals surface area contributed by atoms with E-state index < -0.39 is 0 Å². The first kappa shape index (κ1) is 15.8. The van der Waals surface area contributed by atoms with Gasteiger partial charge in [0.15, 0.2) is 11.5 Å². The molecule has 0 bridgehead atoms. The highest BCUT2D eigenvalue weighted by atomic mass is 15.3. The van der Waals surface area contributed by atoms with Crippen LogP contribution in [0.2, 0.25) is 0 Å². The minimum absolute atomic E-state index is 0.296. The van der Waals surface area contributed by atoms with Gasteiger partial charge in [-0.1, -0.05) is 0 Å². The third kappa shape index (κ3) is 2.91. The third-order valence-electron chi connectivity index (χ3n) is 5.21. The molecule has 0 spiro atoms. The molecule has 0 aromatic carbocycles. The monoisotopic (exact) mass is 338 g/mol. The van der Waals surface area contributed by atoms with Gasteiger partial charge in [0.1, 0.15) is 11.9 Å². The first-order valence-electron chi connectivity index (χ1n) is 8.65. The summed E-state index contributed by atoms with van der Waals surface area (Å²) in [5, 5.41) is 16.7. The molecule has 2 fully saturated rings.